The minimum absolute atomic E-state index is 0.0238. The second kappa shape index (κ2) is 5.25. The molecule has 1 unspecified atom stereocenters. The molecule has 0 aliphatic carbocycles. The van der Waals surface area contributed by atoms with Crippen LogP contribution in [-0.2, 0) is 4.79 Å². The Balaban J connectivity index is 1.60. The topological polar surface area (TPSA) is 32.3 Å². The number of rotatable bonds is 2. The van der Waals surface area contributed by atoms with Crippen LogP contribution in [0.25, 0.3) is 0 Å². The molecule has 1 spiro atoms. The third-order valence-corrected chi connectivity index (χ3v) is 5.86. The Kier molecular flexibility index (Phi) is 3.63. The molecule has 0 bridgehead atoms. The van der Waals surface area contributed by atoms with Gasteiger partial charge in [0.1, 0.15) is 0 Å². The van der Waals surface area contributed by atoms with Gasteiger partial charge in [-0.25, -0.2) is 0 Å². The molecule has 3 heterocycles. The minimum atomic E-state index is 0.0238. The van der Waals surface area contributed by atoms with Crippen LogP contribution in [0.5, 0.6) is 0 Å². The zero-order valence-corrected chi connectivity index (χ0v) is 12.3. The zero-order chi connectivity index (χ0) is 13.3. The van der Waals surface area contributed by atoms with Crippen molar-refractivity contribution in [3.05, 3.63) is 22.4 Å². The molecule has 3 nitrogen and oxygen atoms in total. The Morgan fingerprint density at radius 2 is 2.21 bits per heavy atom. The second-order valence-electron chi connectivity index (χ2n) is 5.99. The highest BCUT2D eigenvalue weighted by molar-refractivity contribution is 7.10. The average Bonchev–Trinajstić information content (AvgIpc) is 3.10. The second-order valence-corrected chi connectivity index (χ2v) is 6.97. The van der Waals surface area contributed by atoms with Crippen LogP contribution in [0.2, 0.25) is 0 Å². The molecule has 1 amide bonds. The van der Waals surface area contributed by atoms with Gasteiger partial charge in [0.2, 0.25) is 5.91 Å². The standard InChI is InChI=1S/C15H22N2OS/c1-12(13-3-2-10-19-13)14(18)17-8-5-15(6-9-17)4-7-16-11-15/h2-3,10,12,16H,4-9,11H2,1H3. The maximum absolute atomic E-state index is 12.5. The van der Waals surface area contributed by atoms with Crippen LogP contribution in [0.1, 0.15) is 37.0 Å². The van der Waals surface area contributed by atoms with E-state index in [1.165, 1.54) is 24.1 Å². The van der Waals surface area contributed by atoms with Gasteiger partial charge in [-0.3, -0.25) is 4.79 Å². The Morgan fingerprint density at radius 3 is 2.79 bits per heavy atom. The summed E-state index contributed by atoms with van der Waals surface area (Å²) in [4.78, 5) is 15.8. The van der Waals surface area contributed by atoms with Gasteiger partial charge < -0.3 is 10.2 Å². The number of amides is 1. The van der Waals surface area contributed by atoms with Crippen LogP contribution in [0.4, 0.5) is 0 Å². The molecule has 1 aromatic rings. The molecule has 2 fully saturated rings. The SMILES string of the molecule is CC(C(=O)N1CCC2(CCNC2)CC1)c1cccs1. The summed E-state index contributed by atoms with van der Waals surface area (Å²) in [6.45, 7) is 6.22. The summed E-state index contributed by atoms with van der Waals surface area (Å²) in [5.41, 5.74) is 0.489. The summed E-state index contributed by atoms with van der Waals surface area (Å²) in [6.07, 6.45) is 3.63. The molecule has 1 N–H and O–H groups in total. The molecule has 1 atom stereocenters. The molecule has 2 saturated heterocycles. The average molecular weight is 278 g/mol. The fourth-order valence-corrected chi connectivity index (χ4v) is 4.13. The number of likely N-dealkylation sites (tertiary alicyclic amines) is 1. The normalized spacial score (nSPS) is 23.7. The van der Waals surface area contributed by atoms with E-state index in [0.29, 0.717) is 11.3 Å². The van der Waals surface area contributed by atoms with Gasteiger partial charge in [-0.1, -0.05) is 6.07 Å². The first-order valence-electron chi connectivity index (χ1n) is 7.23. The predicted octanol–water partition coefficient (Wildman–Crippen LogP) is 2.45. The number of hydrogen-bond donors (Lipinski definition) is 1. The summed E-state index contributed by atoms with van der Waals surface area (Å²) < 4.78 is 0. The van der Waals surface area contributed by atoms with E-state index in [4.69, 9.17) is 0 Å². The third kappa shape index (κ3) is 2.56. The number of nitrogens with zero attached hydrogens (tertiary/aromatic N) is 1. The summed E-state index contributed by atoms with van der Waals surface area (Å²) in [5, 5.41) is 5.52. The van der Waals surface area contributed by atoms with E-state index in [1.807, 2.05) is 13.0 Å². The van der Waals surface area contributed by atoms with E-state index in [1.54, 1.807) is 11.3 Å². The van der Waals surface area contributed by atoms with Crippen LogP contribution in [0, 0.1) is 5.41 Å². The summed E-state index contributed by atoms with van der Waals surface area (Å²) in [5.74, 6) is 0.332. The Bertz CT molecular complexity index is 427. The van der Waals surface area contributed by atoms with Crippen LogP contribution < -0.4 is 5.32 Å². The van der Waals surface area contributed by atoms with Crippen molar-refractivity contribution in [1.29, 1.82) is 0 Å². The van der Waals surface area contributed by atoms with Gasteiger partial charge in [-0.05, 0) is 49.6 Å². The highest BCUT2D eigenvalue weighted by atomic mass is 32.1. The lowest BCUT2D eigenvalue weighted by molar-refractivity contribution is -0.134. The van der Waals surface area contributed by atoms with E-state index < -0.39 is 0 Å². The van der Waals surface area contributed by atoms with Crippen LogP contribution >= 0.6 is 11.3 Å². The summed E-state index contributed by atoms with van der Waals surface area (Å²) in [6, 6.07) is 4.10. The molecule has 2 aliphatic heterocycles. The maximum Gasteiger partial charge on any atom is 0.230 e. The molecule has 104 valence electrons. The predicted molar refractivity (Wildman–Crippen MR) is 78.5 cm³/mol. The number of piperidine rings is 1. The highest BCUT2D eigenvalue weighted by Gasteiger charge is 2.38. The Labute approximate surface area is 119 Å². The van der Waals surface area contributed by atoms with Crippen LogP contribution in [0.3, 0.4) is 0 Å². The fourth-order valence-electron chi connectivity index (χ4n) is 3.36. The largest absolute Gasteiger partial charge is 0.342 e. The van der Waals surface area contributed by atoms with E-state index in [-0.39, 0.29) is 5.92 Å². The molecular formula is C15H22N2OS. The Hall–Kier alpha value is -0.870. The van der Waals surface area contributed by atoms with Gasteiger partial charge in [0.05, 0.1) is 5.92 Å². The van der Waals surface area contributed by atoms with E-state index in [9.17, 15) is 4.79 Å². The van der Waals surface area contributed by atoms with Gasteiger partial charge in [-0.2, -0.15) is 0 Å². The van der Waals surface area contributed by atoms with Crippen LogP contribution in [0.15, 0.2) is 17.5 Å². The van der Waals surface area contributed by atoms with Gasteiger partial charge in [0.25, 0.3) is 0 Å². The van der Waals surface area contributed by atoms with Crippen molar-refractivity contribution in [1.82, 2.24) is 10.2 Å². The number of thiophene rings is 1. The molecule has 4 heteroatoms. The molecule has 0 radical (unpaired) electrons. The van der Waals surface area contributed by atoms with Crippen molar-refractivity contribution in [3.8, 4) is 0 Å². The molecule has 2 aliphatic rings. The van der Waals surface area contributed by atoms with Gasteiger partial charge in [0, 0.05) is 24.5 Å². The van der Waals surface area contributed by atoms with Crippen molar-refractivity contribution in [2.24, 2.45) is 5.41 Å². The van der Waals surface area contributed by atoms with Gasteiger partial charge in [0.15, 0.2) is 0 Å². The molecular weight excluding hydrogens is 256 g/mol. The van der Waals surface area contributed by atoms with E-state index in [2.05, 4.69) is 21.7 Å². The van der Waals surface area contributed by atoms with Crippen molar-refractivity contribution >= 4 is 17.2 Å². The minimum Gasteiger partial charge on any atom is -0.342 e. The van der Waals surface area contributed by atoms with E-state index in [0.717, 1.165) is 26.2 Å². The quantitative estimate of drug-likeness (QED) is 0.901. The molecule has 1 aromatic heterocycles. The zero-order valence-electron chi connectivity index (χ0n) is 11.5. The van der Waals surface area contributed by atoms with Gasteiger partial charge in [-0.15, -0.1) is 11.3 Å². The van der Waals surface area contributed by atoms with Gasteiger partial charge >= 0.3 is 0 Å². The monoisotopic (exact) mass is 278 g/mol. The number of hydrogen-bond acceptors (Lipinski definition) is 3. The lowest BCUT2D eigenvalue weighted by Gasteiger charge is -2.39. The van der Waals surface area contributed by atoms with Crippen molar-refractivity contribution in [2.45, 2.75) is 32.1 Å². The molecule has 0 aromatic carbocycles. The third-order valence-electron chi connectivity index (χ3n) is 4.81. The summed E-state index contributed by atoms with van der Waals surface area (Å²) in [7, 11) is 0. The molecule has 0 saturated carbocycles. The number of carbonyl (C=O) groups excluding carboxylic acids is 1. The van der Waals surface area contributed by atoms with E-state index >= 15 is 0 Å². The smallest absolute Gasteiger partial charge is 0.230 e. The lowest BCUT2D eigenvalue weighted by atomic mass is 9.77. The molecule has 19 heavy (non-hydrogen) atoms. The lowest BCUT2D eigenvalue weighted by Crippen LogP contribution is -2.45. The first kappa shape index (κ1) is 13.1. The highest BCUT2D eigenvalue weighted by Crippen LogP contribution is 2.37. The number of carbonyl (C=O) groups is 1. The first-order chi connectivity index (χ1) is 9.20. The molecule has 3 rings (SSSR count). The Morgan fingerprint density at radius 1 is 1.42 bits per heavy atom. The van der Waals surface area contributed by atoms with Crippen molar-refractivity contribution < 1.29 is 4.79 Å². The van der Waals surface area contributed by atoms with Crippen molar-refractivity contribution in [3.63, 3.8) is 0 Å². The number of nitrogens with one attached hydrogen (secondary N) is 1. The maximum atomic E-state index is 12.5. The summed E-state index contributed by atoms with van der Waals surface area (Å²) >= 11 is 1.68. The first-order valence-corrected chi connectivity index (χ1v) is 8.11. The van der Waals surface area contributed by atoms with Crippen molar-refractivity contribution in [2.75, 3.05) is 26.2 Å². The van der Waals surface area contributed by atoms with Crippen LogP contribution in [-0.4, -0.2) is 37.0 Å². The fraction of sp³-hybridized carbons (Fsp3) is 0.667.